The smallest absolute Gasteiger partial charge is 0.129 e. The summed E-state index contributed by atoms with van der Waals surface area (Å²) in [6.45, 7) is 4.00. The normalized spacial score (nSPS) is 12.3. The average Bonchev–Trinajstić information content (AvgIpc) is 2.15. The van der Waals surface area contributed by atoms with Crippen LogP contribution in [0.2, 0.25) is 0 Å². The summed E-state index contributed by atoms with van der Waals surface area (Å²) in [7, 11) is 1.82. The molecule has 0 aliphatic carbocycles. The minimum absolute atomic E-state index is 0.0921. The molecule has 1 nitrogen and oxygen atoms in total. The van der Waals surface area contributed by atoms with Crippen molar-refractivity contribution in [2.45, 2.75) is 19.9 Å². The van der Waals surface area contributed by atoms with Crippen LogP contribution in [0.1, 0.15) is 25.5 Å². The van der Waals surface area contributed by atoms with E-state index in [1.807, 2.05) is 33.0 Å². The summed E-state index contributed by atoms with van der Waals surface area (Å²) in [5.74, 6) is -0.193. The van der Waals surface area contributed by atoms with E-state index in [0.717, 1.165) is 10.0 Å². The number of halogens is 2. The van der Waals surface area contributed by atoms with Crippen LogP contribution in [0, 0.1) is 5.82 Å². The molecule has 15 heavy (non-hydrogen) atoms. The first kappa shape index (κ1) is 12.4. The van der Waals surface area contributed by atoms with Crippen LogP contribution >= 0.6 is 15.9 Å². The van der Waals surface area contributed by atoms with Crippen LogP contribution < -0.4 is 5.32 Å². The molecule has 0 saturated heterocycles. The van der Waals surface area contributed by atoms with E-state index in [1.165, 1.54) is 6.07 Å². The zero-order valence-electron chi connectivity index (χ0n) is 9.14. The number of rotatable bonds is 3. The fraction of sp³-hybridized carbons (Fsp3) is 0.333. The number of likely N-dealkylation sites (N-methyl/N-ethyl adjacent to an activating group) is 1. The molecule has 0 amide bonds. The topological polar surface area (TPSA) is 12.0 Å². The second kappa shape index (κ2) is 5.42. The largest absolute Gasteiger partial charge is 0.310 e. The van der Waals surface area contributed by atoms with Gasteiger partial charge in [0.15, 0.2) is 0 Å². The van der Waals surface area contributed by atoms with Gasteiger partial charge in [-0.15, -0.1) is 0 Å². The quantitative estimate of drug-likeness (QED) is 0.825. The summed E-state index contributed by atoms with van der Waals surface area (Å²) < 4.78 is 14.4. The summed E-state index contributed by atoms with van der Waals surface area (Å²) in [6, 6.07) is 4.92. The van der Waals surface area contributed by atoms with Crippen LogP contribution in [-0.2, 0) is 0 Å². The van der Waals surface area contributed by atoms with Crippen molar-refractivity contribution < 1.29 is 4.39 Å². The van der Waals surface area contributed by atoms with Gasteiger partial charge in [0, 0.05) is 10.0 Å². The molecule has 1 N–H and O–H groups in total. The number of hydrogen-bond donors (Lipinski definition) is 1. The summed E-state index contributed by atoms with van der Waals surface area (Å²) >= 11 is 3.37. The molecule has 82 valence electrons. The highest BCUT2D eigenvalue weighted by atomic mass is 79.9. The highest BCUT2D eigenvalue weighted by Crippen LogP contribution is 2.27. The Balaban J connectivity index is 3.17. The van der Waals surface area contributed by atoms with E-state index in [9.17, 15) is 4.39 Å². The third-order valence-electron chi connectivity index (χ3n) is 2.12. The van der Waals surface area contributed by atoms with Gasteiger partial charge in [0.1, 0.15) is 5.82 Å². The van der Waals surface area contributed by atoms with E-state index in [-0.39, 0.29) is 11.9 Å². The van der Waals surface area contributed by atoms with E-state index in [4.69, 9.17) is 0 Å². The Hall–Kier alpha value is -0.670. The molecule has 1 rings (SSSR count). The molecular formula is C12H15BrFN. The lowest BCUT2D eigenvalue weighted by atomic mass is 10.0. The van der Waals surface area contributed by atoms with Gasteiger partial charge in [-0.05, 0) is 33.0 Å². The van der Waals surface area contributed by atoms with Crippen molar-refractivity contribution in [3.05, 3.63) is 45.7 Å². The zero-order valence-corrected chi connectivity index (χ0v) is 10.7. The highest BCUT2D eigenvalue weighted by molar-refractivity contribution is 9.10. The Morgan fingerprint density at radius 2 is 2.13 bits per heavy atom. The third-order valence-corrected chi connectivity index (χ3v) is 2.81. The summed E-state index contributed by atoms with van der Waals surface area (Å²) in [5.41, 5.74) is 1.81. The maximum Gasteiger partial charge on any atom is 0.129 e. The lowest BCUT2D eigenvalue weighted by Crippen LogP contribution is -2.16. The Bertz CT molecular complexity index is 350. The third kappa shape index (κ3) is 3.14. The molecule has 0 spiro atoms. The predicted octanol–water partition coefficient (Wildman–Crippen LogP) is 3.81. The minimum atomic E-state index is -0.193. The van der Waals surface area contributed by atoms with Gasteiger partial charge >= 0.3 is 0 Å². The van der Waals surface area contributed by atoms with E-state index in [1.54, 1.807) is 6.07 Å². The maximum atomic E-state index is 13.6. The van der Waals surface area contributed by atoms with Gasteiger partial charge in [-0.1, -0.05) is 33.6 Å². The van der Waals surface area contributed by atoms with E-state index >= 15 is 0 Å². The summed E-state index contributed by atoms with van der Waals surface area (Å²) in [5, 5.41) is 3.08. The molecule has 0 aromatic heterocycles. The van der Waals surface area contributed by atoms with Gasteiger partial charge in [0.2, 0.25) is 0 Å². The average molecular weight is 272 g/mol. The Labute approximate surface area is 98.5 Å². The van der Waals surface area contributed by atoms with E-state index in [2.05, 4.69) is 21.2 Å². The molecule has 0 aliphatic rings. The number of nitrogens with one attached hydrogen (secondary N) is 1. The van der Waals surface area contributed by atoms with Crippen LogP contribution in [0.3, 0.4) is 0 Å². The SMILES string of the molecule is CNC(C=C(C)C)c1c(F)cccc1Br. The first-order chi connectivity index (χ1) is 7.06. The summed E-state index contributed by atoms with van der Waals surface area (Å²) in [6.07, 6.45) is 2.00. The minimum Gasteiger partial charge on any atom is -0.310 e. The Morgan fingerprint density at radius 1 is 1.47 bits per heavy atom. The van der Waals surface area contributed by atoms with Gasteiger partial charge in [0.25, 0.3) is 0 Å². The van der Waals surface area contributed by atoms with Gasteiger partial charge in [-0.25, -0.2) is 4.39 Å². The molecule has 1 aromatic rings. The lowest BCUT2D eigenvalue weighted by Gasteiger charge is -2.15. The van der Waals surface area contributed by atoms with Crippen molar-refractivity contribution in [3.8, 4) is 0 Å². The second-order valence-corrected chi connectivity index (χ2v) is 4.50. The molecule has 1 aromatic carbocycles. The van der Waals surface area contributed by atoms with Gasteiger partial charge in [-0.3, -0.25) is 0 Å². The zero-order chi connectivity index (χ0) is 11.4. The molecular weight excluding hydrogens is 257 g/mol. The van der Waals surface area contributed by atoms with E-state index < -0.39 is 0 Å². The second-order valence-electron chi connectivity index (χ2n) is 3.65. The van der Waals surface area contributed by atoms with Gasteiger partial charge in [0.05, 0.1) is 6.04 Å². The van der Waals surface area contributed by atoms with Crippen LogP contribution in [0.4, 0.5) is 4.39 Å². The highest BCUT2D eigenvalue weighted by Gasteiger charge is 2.14. The van der Waals surface area contributed by atoms with Crippen LogP contribution in [0.15, 0.2) is 34.3 Å². The number of allylic oxidation sites excluding steroid dienone is 1. The van der Waals surface area contributed by atoms with Crippen molar-refractivity contribution in [1.29, 1.82) is 0 Å². The summed E-state index contributed by atoms with van der Waals surface area (Å²) in [4.78, 5) is 0. The fourth-order valence-electron chi connectivity index (χ4n) is 1.45. The first-order valence-electron chi connectivity index (χ1n) is 4.82. The molecule has 1 atom stereocenters. The number of hydrogen-bond acceptors (Lipinski definition) is 1. The van der Waals surface area contributed by atoms with Gasteiger partial charge < -0.3 is 5.32 Å². The first-order valence-corrected chi connectivity index (χ1v) is 5.61. The maximum absolute atomic E-state index is 13.6. The molecule has 0 saturated carbocycles. The Kier molecular flexibility index (Phi) is 4.48. The van der Waals surface area contributed by atoms with Crippen molar-refractivity contribution in [3.63, 3.8) is 0 Å². The van der Waals surface area contributed by atoms with Crippen molar-refractivity contribution in [2.24, 2.45) is 0 Å². The lowest BCUT2D eigenvalue weighted by molar-refractivity contribution is 0.579. The molecule has 0 fully saturated rings. The molecule has 0 heterocycles. The molecule has 0 radical (unpaired) electrons. The van der Waals surface area contributed by atoms with Crippen molar-refractivity contribution in [1.82, 2.24) is 5.32 Å². The molecule has 0 aliphatic heterocycles. The van der Waals surface area contributed by atoms with Gasteiger partial charge in [-0.2, -0.15) is 0 Å². The molecule has 1 unspecified atom stereocenters. The van der Waals surface area contributed by atoms with E-state index in [0.29, 0.717) is 5.56 Å². The van der Waals surface area contributed by atoms with Crippen molar-refractivity contribution >= 4 is 15.9 Å². The van der Waals surface area contributed by atoms with Crippen LogP contribution in [-0.4, -0.2) is 7.05 Å². The van der Waals surface area contributed by atoms with Crippen LogP contribution in [0.5, 0.6) is 0 Å². The fourth-order valence-corrected chi connectivity index (χ4v) is 2.04. The molecule has 0 bridgehead atoms. The standard InChI is InChI=1S/C12H15BrFN/c1-8(2)7-11(15-3)12-9(13)5-4-6-10(12)14/h4-7,11,15H,1-3H3. The number of benzene rings is 1. The Morgan fingerprint density at radius 3 is 2.60 bits per heavy atom. The predicted molar refractivity (Wildman–Crippen MR) is 65.3 cm³/mol. The van der Waals surface area contributed by atoms with Crippen LogP contribution in [0.25, 0.3) is 0 Å². The molecule has 3 heteroatoms. The monoisotopic (exact) mass is 271 g/mol. The van der Waals surface area contributed by atoms with Crippen molar-refractivity contribution in [2.75, 3.05) is 7.05 Å².